The Morgan fingerprint density at radius 1 is 1.06 bits per heavy atom. The number of carbonyl (C=O) groups is 2. The molecule has 1 aliphatic rings. The van der Waals surface area contributed by atoms with Crippen LogP contribution in [0.3, 0.4) is 0 Å². The molecule has 3 aromatic rings. The van der Waals surface area contributed by atoms with E-state index in [1.54, 1.807) is 42.5 Å². The van der Waals surface area contributed by atoms with Crippen LogP contribution < -0.4 is 10.2 Å². The molecule has 3 aromatic carbocycles. The third-order valence-corrected chi connectivity index (χ3v) is 6.15. The summed E-state index contributed by atoms with van der Waals surface area (Å²) in [6.45, 7) is 1.96. The lowest BCUT2D eigenvalue weighted by atomic mass is 10.2. The summed E-state index contributed by atoms with van der Waals surface area (Å²) in [4.78, 5) is 27.2. The minimum absolute atomic E-state index is 0.0475. The number of nitrogens with one attached hydrogen (secondary N) is 1. The summed E-state index contributed by atoms with van der Waals surface area (Å²) < 4.78 is 0. The Balaban J connectivity index is 1.55. The number of thioether (sulfide) groups is 1. The van der Waals surface area contributed by atoms with Crippen LogP contribution >= 0.6 is 11.8 Å². The number of amides is 2. The van der Waals surface area contributed by atoms with Crippen molar-refractivity contribution in [3.63, 3.8) is 0 Å². The van der Waals surface area contributed by atoms with Crippen molar-refractivity contribution in [1.82, 2.24) is 0 Å². The lowest BCUT2D eigenvalue weighted by molar-refractivity contribution is -0.121. The molecule has 3 N–H and O–H groups in total. The van der Waals surface area contributed by atoms with Gasteiger partial charge in [-0.25, -0.2) is 0 Å². The van der Waals surface area contributed by atoms with Crippen molar-refractivity contribution in [2.24, 2.45) is 10.2 Å². The van der Waals surface area contributed by atoms with Crippen molar-refractivity contribution < 1.29 is 19.8 Å². The van der Waals surface area contributed by atoms with Crippen LogP contribution in [0.25, 0.3) is 0 Å². The first-order valence-corrected chi connectivity index (χ1v) is 11.3. The summed E-state index contributed by atoms with van der Waals surface area (Å²) in [6, 6.07) is 20.2. The predicted octanol–water partition coefficient (Wildman–Crippen LogP) is 4.27. The van der Waals surface area contributed by atoms with Gasteiger partial charge >= 0.3 is 0 Å². The number of nitrogens with zero attached hydrogens (tertiary/aromatic N) is 3. The normalized spacial score (nSPS) is 17.0. The minimum atomic E-state index is -0.696. The minimum Gasteiger partial charge on any atom is -0.508 e. The van der Waals surface area contributed by atoms with Crippen molar-refractivity contribution in [2.75, 3.05) is 10.2 Å². The third kappa shape index (κ3) is 5.44. The van der Waals surface area contributed by atoms with Gasteiger partial charge in [-0.2, -0.15) is 5.10 Å². The number of para-hydroxylation sites is 1. The molecule has 1 heterocycles. The molecule has 0 saturated carbocycles. The third-order valence-electron chi connectivity index (χ3n) is 5.03. The Kier molecular flexibility index (Phi) is 6.93. The van der Waals surface area contributed by atoms with E-state index in [0.717, 1.165) is 17.3 Å². The van der Waals surface area contributed by atoms with Crippen molar-refractivity contribution in [1.29, 1.82) is 0 Å². The molecule has 1 atom stereocenters. The number of phenols is 2. The molecule has 0 spiro atoms. The van der Waals surface area contributed by atoms with E-state index in [0.29, 0.717) is 16.9 Å². The van der Waals surface area contributed by atoms with Gasteiger partial charge in [-0.05, 0) is 55.5 Å². The van der Waals surface area contributed by atoms with E-state index in [2.05, 4.69) is 15.5 Å². The molecule has 0 aliphatic carbocycles. The number of benzene rings is 3. The second-order valence-corrected chi connectivity index (χ2v) is 8.77. The second-order valence-electron chi connectivity index (χ2n) is 7.60. The molecular formula is C25H22N4O4S. The van der Waals surface area contributed by atoms with Gasteiger partial charge in [-0.1, -0.05) is 41.6 Å². The van der Waals surface area contributed by atoms with Gasteiger partial charge in [0, 0.05) is 17.7 Å². The van der Waals surface area contributed by atoms with Gasteiger partial charge in [0.15, 0.2) is 5.17 Å². The number of carbonyl (C=O) groups excluding carboxylic acids is 2. The highest BCUT2D eigenvalue weighted by Crippen LogP contribution is 2.34. The zero-order valence-electron chi connectivity index (χ0n) is 18.3. The number of hydrogen-bond donors (Lipinski definition) is 3. The first-order valence-electron chi connectivity index (χ1n) is 10.5. The van der Waals surface area contributed by atoms with Crippen LogP contribution in [-0.2, 0) is 9.59 Å². The van der Waals surface area contributed by atoms with Crippen LogP contribution in [0.2, 0.25) is 0 Å². The molecule has 1 aliphatic heterocycles. The highest BCUT2D eigenvalue weighted by Gasteiger charge is 2.40. The highest BCUT2D eigenvalue weighted by molar-refractivity contribution is 8.16. The van der Waals surface area contributed by atoms with Gasteiger partial charge in [0.1, 0.15) is 16.7 Å². The SMILES string of the molecule is Cc1ccc(NC(=O)CC2S/C(=N/N=C\c3ccccc3O)N(c3ccc(O)cc3)C2=O)cc1. The van der Waals surface area contributed by atoms with Crippen molar-refractivity contribution in [3.05, 3.63) is 83.9 Å². The lowest BCUT2D eigenvalue weighted by Crippen LogP contribution is -2.33. The number of phenolic OH excluding ortho intramolecular Hbond substituents is 2. The van der Waals surface area contributed by atoms with Gasteiger partial charge in [-0.15, -0.1) is 5.10 Å². The maximum absolute atomic E-state index is 13.2. The quantitative estimate of drug-likeness (QED) is 0.365. The fourth-order valence-corrected chi connectivity index (χ4v) is 4.35. The van der Waals surface area contributed by atoms with Crippen LogP contribution in [0.1, 0.15) is 17.5 Å². The van der Waals surface area contributed by atoms with E-state index in [1.807, 2.05) is 19.1 Å². The Bertz CT molecular complexity index is 1260. The molecule has 1 saturated heterocycles. The van der Waals surface area contributed by atoms with Crippen molar-refractivity contribution in [2.45, 2.75) is 18.6 Å². The molecule has 0 radical (unpaired) electrons. The van der Waals surface area contributed by atoms with E-state index in [4.69, 9.17) is 0 Å². The van der Waals surface area contributed by atoms with Crippen molar-refractivity contribution >= 4 is 46.3 Å². The average molecular weight is 475 g/mol. The highest BCUT2D eigenvalue weighted by atomic mass is 32.2. The van der Waals surface area contributed by atoms with Crippen LogP contribution in [-0.4, -0.2) is 38.7 Å². The Morgan fingerprint density at radius 3 is 2.47 bits per heavy atom. The molecule has 2 amide bonds. The molecule has 8 nitrogen and oxygen atoms in total. The summed E-state index contributed by atoms with van der Waals surface area (Å²) in [5.74, 6) is -0.485. The van der Waals surface area contributed by atoms with Gasteiger partial charge in [-0.3, -0.25) is 14.5 Å². The summed E-state index contributed by atoms with van der Waals surface area (Å²) in [5, 5.41) is 30.1. The molecule has 34 heavy (non-hydrogen) atoms. The largest absolute Gasteiger partial charge is 0.508 e. The topological polar surface area (TPSA) is 115 Å². The molecule has 1 unspecified atom stereocenters. The van der Waals surface area contributed by atoms with E-state index in [-0.39, 0.29) is 34.9 Å². The fraction of sp³-hybridized carbons (Fsp3) is 0.120. The Labute approximate surface area is 200 Å². The Hall–Kier alpha value is -4.11. The second kappa shape index (κ2) is 10.2. The Morgan fingerprint density at radius 2 is 1.76 bits per heavy atom. The summed E-state index contributed by atoms with van der Waals surface area (Å²) >= 11 is 1.13. The van der Waals surface area contributed by atoms with Crippen molar-refractivity contribution in [3.8, 4) is 11.5 Å². The van der Waals surface area contributed by atoms with Gasteiger partial charge < -0.3 is 15.5 Å². The van der Waals surface area contributed by atoms with Crippen LogP contribution in [0.4, 0.5) is 11.4 Å². The first kappa shape index (κ1) is 23.1. The van der Waals surface area contributed by atoms with E-state index < -0.39 is 5.25 Å². The maximum atomic E-state index is 13.2. The van der Waals surface area contributed by atoms with Gasteiger partial charge in [0.25, 0.3) is 0 Å². The molecule has 9 heteroatoms. The molecule has 4 rings (SSSR count). The van der Waals surface area contributed by atoms with Crippen LogP contribution in [0, 0.1) is 6.92 Å². The standard InChI is InChI=1S/C25H22N4O4S/c1-16-6-8-18(9-7-16)27-23(32)14-22-24(33)29(19-10-12-20(30)13-11-19)25(34-22)28-26-15-17-4-2-3-5-21(17)31/h2-13,15,22,30-31H,14H2,1H3,(H,27,32)/b26-15-,28-25+. The van der Waals surface area contributed by atoms with Gasteiger partial charge in [0.05, 0.1) is 11.9 Å². The fourth-order valence-electron chi connectivity index (χ4n) is 3.26. The predicted molar refractivity (Wildman–Crippen MR) is 135 cm³/mol. The summed E-state index contributed by atoms with van der Waals surface area (Å²) in [5.41, 5.74) is 2.71. The molecule has 0 aromatic heterocycles. The lowest BCUT2D eigenvalue weighted by Gasteiger charge is -2.16. The number of aromatic hydroxyl groups is 2. The maximum Gasteiger partial charge on any atom is 0.247 e. The average Bonchev–Trinajstić information content (AvgIpc) is 3.12. The monoisotopic (exact) mass is 474 g/mol. The molecule has 1 fully saturated rings. The zero-order chi connectivity index (χ0) is 24.1. The molecular weight excluding hydrogens is 452 g/mol. The van der Waals surface area contributed by atoms with Crippen LogP contribution in [0.5, 0.6) is 11.5 Å². The smallest absolute Gasteiger partial charge is 0.247 e. The van der Waals surface area contributed by atoms with E-state index >= 15 is 0 Å². The molecule has 172 valence electrons. The molecule has 0 bridgehead atoms. The summed E-state index contributed by atoms with van der Waals surface area (Å²) in [7, 11) is 0. The summed E-state index contributed by atoms with van der Waals surface area (Å²) in [6.07, 6.45) is 1.34. The number of amidine groups is 1. The number of hydrogen-bond acceptors (Lipinski definition) is 7. The number of rotatable bonds is 6. The van der Waals surface area contributed by atoms with Crippen LogP contribution in [0.15, 0.2) is 83.0 Å². The number of aryl methyl sites for hydroxylation is 1. The van der Waals surface area contributed by atoms with E-state index in [9.17, 15) is 19.8 Å². The first-order chi connectivity index (χ1) is 16.4. The zero-order valence-corrected chi connectivity index (χ0v) is 19.1. The van der Waals surface area contributed by atoms with E-state index in [1.165, 1.54) is 29.3 Å². The number of anilines is 2. The van der Waals surface area contributed by atoms with Gasteiger partial charge in [0.2, 0.25) is 11.8 Å².